The van der Waals surface area contributed by atoms with Crippen LogP contribution in [0.3, 0.4) is 0 Å². The van der Waals surface area contributed by atoms with E-state index < -0.39 is 0 Å². The molecule has 5 nitrogen and oxygen atoms in total. The van der Waals surface area contributed by atoms with Crippen molar-refractivity contribution in [1.82, 2.24) is 14.5 Å². The summed E-state index contributed by atoms with van der Waals surface area (Å²) < 4.78 is 1.96. The van der Waals surface area contributed by atoms with E-state index in [1.807, 2.05) is 29.8 Å². The van der Waals surface area contributed by atoms with Crippen LogP contribution in [-0.2, 0) is 13.6 Å². The predicted octanol–water partition coefficient (Wildman–Crippen LogP) is 2.80. The minimum absolute atomic E-state index is 0.502. The SMILES string of the molecule is CNc1nc(N(C)Cc2nccn2C)c(Cl)cc1Cl. The molecule has 0 atom stereocenters. The Labute approximate surface area is 122 Å². The Morgan fingerprint density at radius 3 is 2.68 bits per heavy atom. The van der Waals surface area contributed by atoms with Gasteiger partial charge in [0.25, 0.3) is 0 Å². The summed E-state index contributed by atoms with van der Waals surface area (Å²) in [4.78, 5) is 10.6. The number of nitrogens with zero attached hydrogens (tertiary/aromatic N) is 4. The van der Waals surface area contributed by atoms with Gasteiger partial charge in [-0.05, 0) is 6.07 Å². The van der Waals surface area contributed by atoms with E-state index in [2.05, 4.69) is 15.3 Å². The lowest BCUT2D eigenvalue weighted by Crippen LogP contribution is -2.20. The predicted molar refractivity (Wildman–Crippen MR) is 79.1 cm³/mol. The number of aryl methyl sites for hydroxylation is 1. The van der Waals surface area contributed by atoms with Gasteiger partial charge in [0.15, 0.2) is 0 Å². The average molecular weight is 300 g/mol. The molecule has 102 valence electrons. The third-order valence-corrected chi connectivity index (χ3v) is 3.38. The van der Waals surface area contributed by atoms with E-state index in [0.29, 0.717) is 28.2 Å². The highest BCUT2D eigenvalue weighted by molar-refractivity contribution is 6.37. The minimum atomic E-state index is 0.502. The number of halogens is 2. The molecule has 0 radical (unpaired) electrons. The highest BCUT2D eigenvalue weighted by atomic mass is 35.5. The number of hydrogen-bond acceptors (Lipinski definition) is 4. The van der Waals surface area contributed by atoms with Crippen LogP contribution < -0.4 is 10.2 Å². The largest absolute Gasteiger partial charge is 0.372 e. The summed E-state index contributed by atoms with van der Waals surface area (Å²) in [6.07, 6.45) is 3.66. The second-order valence-corrected chi connectivity index (χ2v) is 5.00. The Kier molecular flexibility index (Phi) is 4.17. The molecular weight excluding hydrogens is 285 g/mol. The van der Waals surface area contributed by atoms with Gasteiger partial charge in [-0.15, -0.1) is 0 Å². The van der Waals surface area contributed by atoms with E-state index in [0.717, 1.165) is 5.82 Å². The van der Waals surface area contributed by atoms with E-state index in [1.165, 1.54) is 0 Å². The van der Waals surface area contributed by atoms with E-state index in [1.54, 1.807) is 19.3 Å². The minimum Gasteiger partial charge on any atom is -0.372 e. The van der Waals surface area contributed by atoms with E-state index in [9.17, 15) is 0 Å². The Morgan fingerprint density at radius 1 is 1.37 bits per heavy atom. The molecule has 0 saturated heterocycles. The topological polar surface area (TPSA) is 46.0 Å². The third-order valence-electron chi connectivity index (χ3n) is 2.81. The zero-order valence-electron chi connectivity index (χ0n) is 11.0. The van der Waals surface area contributed by atoms with E-state index in [-0.39, 0.29) is 0 Å². The number of aromatic nitrogens is 3. The molecule has 0 saturated carbocycles. The fourth-order valence-corrected chi connectivity index (χ4v) is 2.33. The van der Waals surface area contributed by atoms with Crippen molar-refractivity contribution in [2.45, 2.75) is 6.54 Å². The first-order valence-electron chi connectivity index (χ1n) is 5.74. The Balaban J connectivity index is 2.28. The molecule has 0 aromatic carbocycles. The molecule has 2 aromatic rings. The van der Waals surface area contributed by atoms with Gasteiger partial charge in [-0.1, -0.05) is 23.2 Å². The molecule has 2 rings (SSSR count). The summed E-state index contributed by atoms with van der Waals surface area (Å²) in [6.45, 7) is 0.612. The van der Waals surface area contributed by atoms with Crippen LogP contribution in [0.2, 0.25) is 10.0 Å². The van der Waals surface area contributed by atoms with Gasteiger partial charge < -0.3 is 14.8 Å². The molecule has 0 amide bonds. The monoisotopic (exact) mass is 299 g/mol. The summed E-state index contributed by atoms with van der Waals surface area (Å²) in [6, 6.07) is 1.69. The van der Waals surface area contributed by atoms with E-state index >= 15 is 0 Å². The number of pyridine rings is 1. The van der Waals surface area contributed by atoms with Gasteiger partial charge in [0.05, 0.1) is 16.6 Å². The molecule has 7 heteroatoms. The molecule has 19 heavy (non-hydrogen) atoms. The number of anilines is 2. The lowest BCUT2D eigenvalue weighted by molar-refractivity contribution is 0.756. The number of hydrogen-bond donors (Lipinski definition) is 1. The van der Waals surface area contributed by atoms with Crippen LogP contribution >= 0.6 is 23.2 Å². The van der Waals surface area contributed by atoms with Crippen LogP contribution in [0.1, 0.15) is 5.82 Å². The first kappa shape index (κ1) is 14.0. The average Bonchev–Trinajstić information content (AvgIpc) is 2.75. The van der Waals surface area contributed by atoms with Crippen LogP contribution in [0.15, 0.2) is 18.5 Å². The van der Waals surface area contributed by atoms with Gasteiger partial charge >= 0.3 is 0 Å². The maximum atomic E-state index is 6.19. The molecule has 0 aliphatic heterocycles. The molecular formula is C12H15Cl2N5. The molecule has 0 fully saturated rings. The Morgan fingerprint density at radius 2 is 2.11 bits per heavy atom. The number of imidazole rings is 1. The van der Waals surface area contributed by atoms with Crippen LogP contribution in [-0.4, -0.2) is 28.6 Å². The summed E-state index contributed by atoms with van der Waals surface area (Å²) >= 11 is 12.2. The second kappa shape index (κ2) is 5.67. The first-order valence-corrected chi connectivity index (χ1v) is 6.49. The number of nitrogens with one attached hydrogen (secondary N) is 1. The van der Waals surface area contributed by atoms with Crippen molar-refractivity contribution >= 4 is 34.8 Å². The van der Waals surface area contributed by atoms with Crippen LogP contribution in [0.5, 0.6) is 0 Å². The van der Waals surface area contributed by atoms with Gasteiger partial charge in [0.1, 0.15) is 17.5 Å². The Hall–Kier alpha value is -1.46. The van der Waals surface area contributed by atoms with Crippen molar-refractivity contribution in [1.29, 1.82) is 0 Å². The van der Waals surface area contributed by atoms with Gasteiger partial charge in [0.2, 0.25) is 0 Å². The van der Waals surface area contributed by atoms with Gasteiger partial charge in [-0.25, -0.2) is 9.97 Å². The normalized spacial score (nSPS) is 10.6. The fourth-order valence-electron chi connectivity index (χ4n) is 1.74. The maximum Gasteiger partial charge on any atom is 0.150 e. The third kappa shape index (κ3) is 2.93. The van der Waals surface area contributed by atoms with Crippen molar-refractivity contribution in [3.05, 3.63) is 34.3 Å². The van der Waals surface area contributed by atoms with Crippen molar-refractivity contribution in [3.63, 3.8) is 0 Å². The van der Waals surface area contributed by atoms with Crippen LogP contribution in [0, 0.1) is 0 Å². The number of rotatable bonds is 4. The fraction of sp³-hybridized carbons (Fsp3) is 0.333. The van der Waals surface area contributed by atoms with Gasteiger partial charge in [0, 0.05) is 33.5 Å². The molecule has 0 spiro atoms. The van der Waals surface area contributed by atoms with Crippen molar-refractivity contribution in [2.24, 2.45) is 7.05 Å². The van der Waals surface area contributed by atoms with E-state index in [4.69, 9.17) is 23.2 Å². The van der Waals surface area contributed by atoms with Crippen molar-refractivity contribution in [3.8, 4) is 0 Å². The maximum absolute atomic E-state index is 6.19. The van der Waals surface area contributed by atoms with Crippen LogP contribution in [0.25, 0.3) is 0 Å². The van der Waals surface area contributed by atoms with Crippen LogP contribution in [0.4, 0.5) is 11.6 Å². The molecule has 0 aliphatic carbocycles. The molecule has 1 N–H and O–H groups in total. The smallest absolute Gasteiger partial charge is 0.150 e. The zero-order valence-corrected chi connectivity index (χ0v) is 12.5. The highest BCUT2D eigenvalue weighted by Gasteiger charge is 2.14. The summed E-state index contributed by atoms with van der Waals surface area (Å²) in [5.41, 5.74) is 0. The highest BCUT2D eigenvalue weighted by Crippen LogP contribution is 2.31. The quantitative estimate of drug-likeness (QED) is 0.943. The summed E-state index contributed by atoms with van der Waals surface area (Å²) in [5.74, 6) is 2.20. The lowest BCUT2D eigenvalue weighted by Gasteiger charge is -2.20. The molecule has 2 heterocycles. The molecule has 0 bridgehead atoms. The van der Waals surface area contributed by atoms with Gasteiger partial charge in [-0.2, -0.15) is 0 Å². The molecule has 2 aromatic heterocycles. The van der Waals surface area contributed by atoms with Crippen molar-refractivity contribution < 1.29 is 0 Å². The summed E-state index contributed by atoms with van der Waals surface area (Å²) in [7, 11) is 5.63. The van der Waals surface area contributed by atoms with Gasteiger partial charge in [-0.3, -0.25) is 0 Å². The molecule has 0 unspecified atom stereocenters. The zero-order chi connectivity index (χ0) is 14.0. The summed E-state index contributed by atoms with van der Waals surface area (Å²) in [5, 5.41) is 3.95. The standard InChI is InChI=1S/C12H15Cl2N5/c1-15-11-8(13)6-9(14)12(17-11)19(3)7-10-16-4-5-18(10)2/h4-6H,7H2,1-3H3,(H,15,17). The second-order valence-electron chi connectivity index (χ2n) is 4.18. The molecule has 0 aliphatic rings. The van der Waals surface area contributed by atoms with Crippen molar-refractivity contribution in [2.75, 3.05) is 24.3 Å². The Bertz CT molecular complexity index is 581. The first-order chi connectivity index (χ1) is 9.02. The lowest BCUT2D eigenvalue weighted by atomic mass is 10.4.